The molecule has 0 radical (unpaired) electrons. The molecule has 1 aliphatic rings. The van der Waals surface area contributed by atoms with Crippen molar-refractivity contribution >= 4 is 64.4 Å². The Morgan fingerprint density at radius 1 is 0.382 bits per heavy atom. The first kappa shape index (κ1) is 112. The highest BCUT2D eigenvalue weighted by Crippen LogP contribution is 2.41. The topological polar surface area (TPSA) is 324 Å². The first-order valence-corrected chi connectivity index (χ1v) is 48.1. The fourth-order valence-corrected chi connectivity index (χ4v) is 14.7. The lowest BCUT2D eigenvalue weighted by Gasteiger charge is -2.29. The van der Waals surface area contributed by atoms with E-state index >= 15 is 0 Å². The summed E-state index contributed by atoms with van der Waals surface area (Å²) >= 11 is 12.4. The highest BCUT2D eigenvalue weighted by atomic mass is 35.5. The van der Waals surface area contributed by atoms with Gasteiger partial charge in [0.1, 0.15) is 6.04 Å². The van der Waals surface area contributed by atoms with Gasteiger partial charge in [0.25, 0.3) is 5.91 Å². The molecule has 0 bridgehead atoms. The number of hydrogen-bond donors (Lipinski definition) is 7. The van der Waals surface area contributed by atoms with Gasteiger partial charge in [0.15, 0.2) is 0 Å². The van der Waals surface area contributed by atoms with E-state index in [1.807, 2.05) is 0 Å². The molecular weight excluding hydrogens is 1620 g/mol. The number of carboxylic acid groups (broad SMARTS) is 1. The van der Waals surface area contributed by atoms with E-state index in [1.165, 1.54) is 167 Å². The number of rotatable bonds is 92. The highest BCUT2D eigenvalue weighted by molar-refractivity contribution is 6.40. The molecule has 0 saturated heterocycles. The van der Waals surface area contributed by atoms with E-state index in [2.05, 4.69) is 45.7 Å². The van der Waals surface area contributed by atoms with Gasteiger partial charge in [-0.3, -0.25) is 24.0 Å². The number of anilines is 1. The average Bonchev–Trinajstić information content (AvgIpc) is 1.69. The Balaban J connectivity index is 1.00. The second-order valence-electron chi connectivity index (χ2n) is 31.9. The summed E-state index contributed by atoms with van der Waals surface area (Å²) in [7, 11) is 0. The third kappa shape index (κ3) is 66.3. The number of ether oxygens (including phenoxy) is 14. The van der Waals surface area contributed by atoms with E-state index in [-0.39, 0.29) is 84.2 Å². The van der Waals surface area contributed by atoms with Gasteiger partial charge < -0.3 is 103 Å². The molecule has 27 nitrogen and oxygen atoms in total. The Kier molecular flexibility index (Phi) is 75.8. The van der Waals surface area contributed by atoms with Crippen LogP contribution in [0.15, 0.2) is 42.5 Å². The summed E-state index contributed by atoms with van der Waals surface area (Å²) in [6, 6.07) is 10.2. The van der Waals surface area contributed by atoms with Gasteiger partial charge in [-0.2, -0.15) is 0 Å². The lowest BCUT2D eigenvalue weighted by atomic mass is 9.81. The highest BCUT2D eigenvalue weighted by Gasteiger charge is 2.42. The van der Waals surface area contributed by atoms with Gasteiger partial charge in [0, 0.05) is 64.2 Å². The quantitative estimate of drug-likeness (QED) is 0.0303. The number of aliphatic carboxylic acids is 1. The van der Waals surface area contributed by atoms with Gasteiger partial charge >= 0.3 is 5.97 Å². The van der Waals surface area contributed by atoms with Gasteiger partial charge in [-0.1, -0.05) is 235 Å². The Morgan fingerprint density at radius 3 is 1.16 bits per heavy atom. The van der Waals surface area contributed by atoms with Crippen LogP contribution in [0.25, 0.3) is 0 Å². The normalized spacial score (nSPS) is 13.0. The number of unbranched alkanes of at least 4 members (excludes halogenated alkanes) is 26. The number of carbonyl (C=O) groups excluding carboxylic acids is 5. The van der Waals surface area contributed by atoms with Crippen molar-refractivity contribution in [2.24, 2.45) is 5.41 Å². The van der Waals surface area contributed by atoms with Crippen LogP contribution >= 0.6 is 23.2 Å². The van der Waals surface area contributed by atoms with Crippen LogP contribution in [0.5, 0.6) is 0 Å². The summed E-state index contributed by atoms with van der Waals surface area (Å²) in [4.78, 5) is 76.3. The number of carbonyl (C=O) groups is 6. The lowest BCUT2D eigenvalue weighted by molar-refractivity contribution is -0.144. The Bertz CT molecular complexity index is 2820. The monoisotopic (exact) mass is 1780 g/mol. The van der Waals surface area contributed by atoms with Gasteiger partial charge in [0.05, 0.1) is 192 Å². The summed E-state index contributed by atoms with van der Waals surface area (Å²) in [5.41, 5.74) is 0.455. The first-order valence-electron chi connectivity index (χ1n) is 47.4. The van der Waals surface area contributed by atoms with Crippen LogP contribution in [0, 0.1) is 5.41 Å². The van der Waals surface area contributed by atoms with Gasteiger partial charge in [0.2, 0.25) is 23.6 Å². The Morgan fingerprint density at radius 2 is 0.748 bits per heavy atom. The van der Waals surface area contributed by atoms with Crippen molar-refractivity contribution in [3.63, 3.8) is 0 Å². The second kappa shape index (κ2) is 82.9. The number of carboxylic acids is 1. The van der Waals surface area contributed by atoms with Gasteiger partial charge in [-0.25, -0.2) is 4.79 Å². The molecule has 2 atom stereocenters. The molecule has 1 aliphatic carbocycles. The molecule has 2 aromatic carbocycles. The molecule has 1 saturated carbocycles. The summed E-state index contributed by atoms with van der Waals surface area (Å²) < 4.78 is 79.4. The van der Waals surface area contributed by atoms with Crippen molar-refractivity contribution in [1.82, 2.24) is 26.6 Å². The molecule has 710 valence electrons. The molecule has 2 aromatic rings. The van der Waals surface area contributed by atoms with Crippen LogP contribution in [-0.2, 0) is 96.7 Å². The van der Waals surface area contributed by atoms with E-state index in [0.717, 1.165) is 64.8 Å². The fraction of sp³-hybridized carbons (Fsp3) is 0.809. The number of halogens is 2. The van der Waals surface area contributed by atoms with E-state index in [1.54, 1.807) is 42.5 Å². The van der Waals surface area contributed by atoms with Crippen molar-refractivity contribution in [1.29, 1.82) is 0 Å². The molecule has 3 rings (SSSR count). The minimum atomic E-state index is -1.18. The van der Waals surface area contributed by atoms with Crippen LogP contribution in [-0.4, -0.2) is 264 Å². The lowest BCUT2D eigenvalue weighted by Crippen LogP contribution is -2.49. The molecular formula is C94H164Cl2N6O21. The minimum Gasteiger partial charge on any atom is -0.480 e. The largest absolute Gasteiger partial charge is 0.480 e. The Hall–Kier alpha value is -4.76. The van der Waals surface area contributed by atoms with Crippen molar-refractivity contribution in [3.8, 4) is 0 Å². The maximum absolute atomic E-state index is 13.7. The zero-order valence-corrected chi connectivity index (χ0v) is 77.3. The predicted molar refractivity (Wildman–Crippen MR) is 486 cm³/mol. The van der Waals surface area contributed by atoms with Crippen molar-refractivity contribution in [3.05, 3.63) is 63.6 Å². The van der Waals surface area contributed by atoms with Crippen LogP contribution in [0.1, 0.15) is 274 Å². The molecule has 5 amide bonds. The molecule has 0 aromatic heterocycles. The molecule has 0 heterocycles. The molecule has 29 heteroatoms. The minimum absolute atomic E-state index is 0.0265. The third-order valence-electron chi connectivity index (χ3n) is 21.4. The van der Waals surface area contributed by atoms with E-state index in [9.17, 15) is 33.9 Å². The SMILES string of the molecule is CCCCCCCCCCCCCCCCOCC(CCNCCCNC(=O)CCC(=O)NCCOCCOCCOCCOCCOCCOCCOCCOCCOCCOCCOCCOCCC(=O)NCCC1(C(=O)NC(Cc2ccc(NC(=O)c3c(Cl)cccc3Cl)cc2)C(=O)O)CCCC1)OCCCCCCCCCCCCCCCC. The maximum Gasteiger partial charge on any atom is 0.326 e. The first-order chi connectivity index (χ1) is 60.4. The summed E-state index contributed by atoms with van der Waals surface area (Å²) in [5, 5.41) is 28.2. The number of benzene rings is 2. The molecule has 123 heavy (non-hydrogen) atoms. The smallest absolute Gasteiger partial charge is 0.326 e. The van der Waals surface area contributed by atoms with Crippen LogP contribution in [0.3, 0.4) is 0 Å². The maximum atomic E-state index is 13.7. The molecule has 2 unspecified atom stereocenters. The fourth-order valence-electron chi connectivity index (χ4n) is 14.1. The van der Waals surface area contributed by atoms with Crippen LogP contribution in [0.2, 0.25) is 10.0 Å². The van der Waals surface area contributed by atoms with Crippen LogP contribution in [0.4, 0.5) is 5.69 Å². The summed E-state index contributed by atoms with van der Waals surface area (Å²) in [5.74, 6) is -2.51. The summed E-state index contributed by atoms with van der Waals surface area (Å²) in [6.07, 6.45) is 43.2. The van der Waals surface area contributed by atoms with E-state index in [4.69, 9.17) is 89.5 Å². The van der Waals surface area contributed by atoms with Gasteiger partial charge in [-0.15, -0.1) is 0 Å². The predicted octanol–water partition coefficient (Wildman–Crippen LogP) is 15.8. The zero-order chi connectivity index (χ0) is 88.3. The van der Waals surface area contributed by atoms with Crippen molar-refractivity contribution in [2.45, 2.75) is 276 Å². The Labute approximate surface area is 749 Å². The summed E-state index contributed by atoms with van der Waals surface area (Å²) in [6.45, 7) is 19.4. The molecule has 0 spiro atoms. The average molecular weight is 1790 g/mol. The van der Waals surface area contributed by atoms with Crippen molar-refractivity contribution in [2.75, 3.05) is 216 Å². The third-order valence-corrected chi connectivity index (χ3v) is 22.0. The number of amides is 5. The standard InChI is InChI=1S/C94H164Cl2N6O21/c1-3-5-7-9-11-13-15-17-19-21-23-25-27-31-53-122-80-83(123-54-32-28-26-24-22-20-18-16-14-12-10-8-6-4-2)43-50-97-48-34-49-98-87(103)41-42-88(104)100-52-56-111-58-60-113-62-64-115-66-68-117-70-72-119-74-76-121-78-77-120-75-73-118-71-69-116-67-65-114-63-61-112-59-57-110-55-44-89(105)99-51-47-94(45-29-30-46-94)93(109)102-86(92(107)108)79-81-37-39-82(40-38-81)101-91(106)90-84(95)35-33-36-85(90)96/h33,35-40,83,86,97H,3-32,34,41-80H2,1-2H3,(H,98,103)(H,99,105)(H,100,104)(H,101,106)(H,102,109)(H,107,108). The van der Waals surface area contributed by atoms with E-state index < -0.39 is 23.3 Å². The van der Waals surface area contributed by atoms with Gasteiger partial charge in [-0.05, 0) is 87.9 Å². The second-order valence-corrected chi connectivity index (χ2v) is 32.7. The van der Waals surface area contributed by atoms with Crippen LogP contribution < -0.4 is 31.9 Å². The molecule has 0 aliphatic heterocycles. The molecule has 1 fully saturated rings. The van der Waals surface area contributed by atoms with E-state index in [0.29, 0.717) is 202 Å². The number of nitrogens with one attached hydrogen (secondary N) is 6. The molecule has 7 N–H and O–H groups in total. The van der Waals surface area contributed by atoms with Crippen molar-refractivity contribution < 1.29 is 100 Å². The zero-order valence-electron chi connectivity index (χ0n) is 75.8. The number of hydrogen-bond acceptors (Lipinski definition) is 21.